The Kier molecular flexibility index (Phi) is 3.44. The van der Waals surface area contributed by atoms with Crippen molar-refractivity contribution in [3.05, 3.63) is 11.8 Å². The van der Waals surface area contributed by atoms with Gasteiger partial charge in [-0.2, -0.15) is 5.10 Å². The first-order valence-electron chi connectivity index (χ1n) is 7.27. The van der Waals surface area contributed by atoms with E-state index in [9.17, 15) is 9.59 Å². The first-order chi connectivity index (χ1) is 10.0. The molecule has 114 valence electrons. The predicted octanol–water partition coefficient (Wildman–Crippen LogP) is 0.125. The maximum absolute atomic E-state index is 11.8. The van der Waals surface area contributed by atoms with Gasteiger partial charge >= 0.3 is 11.8 Å². The summed E-state index contributed by atoms with van der Waals surface area (Å²) in [5.74, 6) is -0.471. The first-order valence-corrected chi connectivity index (χ1v) is 7.27. The molecule has 2 aliphatic rings. The Bertz CT molecular complexity index is 573. The Morgan fingerprint density at radius 3 is 2.71 bits per heavy atom. The van der Waals surface area contributed by atoms with Crippen molar-refractivity contribution in [1.29, 1.82) is 0 Å². The number of hydrogen-bond donors (Lipinski definition) is 3. The van der Waals surface area contributed by atoms with Gasteiger partial charge in [0.15, 0.2) is 5.82 Å². The molecule has 0 saturated heterocycles. The molecule has 0 spiro atoms. The fourth-order valence-corrected chi connectivity index (χ4v) is 2.39. The summed E-state index contributed by atoms with van der Waals surface area (Å²) < 4.78 is 1.75. The van der Waals surface area contributed by atoms with Gasteiger partial charge in [0, 0.05) is 36.7 Å². The largest absolute Gasteiger partial charge is 0.396 e. The summed E-state index contributed by atoms with van der Waals surface area (Å²) in [6.45, 7) is 0.380. The molecule has 7 nitrogen and oxygen atoms in total. The van der Waals surface area contributed by atoms with Gasteiger partial charge in [0.1, 0.15) is 0 Å². The second kappa shape index (κ2) is 5.14. The van der Waals surface area contributed by atoms with Crippen LogP contribution in [-0.4, -0.2) is 39.9 Å². The second-order valence-electron chi connectivity index (χ2n) is 6.15. The number of hydrogen-bond acceptors (Lipinski definition) is 4. The molecule has 1 heterocycles. The van der Waals surface area contributed by atoms with Crippen LogP contribution >= 0.6 is 0 Å². The molecule has 2 aliphatic carbocycles. The number of nitrogens with one attached hydrogen (secondary N) is 2. The van der Waals surface area contributed by atoms with Crippen molar-refractivity contribution >= 4 is 17.6 Å². The quantitative estimate of drug-likeness (QED) is 0.672. The number of aromatic nitrogens is 2. The smallest absolute Gasteiger partial charge is 0.314 e. The van der Waals surface area contributed by atoms with Crippen molar-refractivity contribution in [3.8, 4) is 0 Å². The van der Waals surface area contributed by atoms with Crippen molar-refractivity contribution in [3.63, 3.8) is 0 Å². The van der Waals surface area contributed by atoms with Crippen LogP contribution in [-0.2, 0) is 16.6 Å². The topological polar surface area (TPSA) is 96.2 Å². The summed E-state index contributed by atoms with van der Waals surface area (Å²) in [5.41, 5.74) is 0.878. The molecule has 2 fully saturated rings. The summed E-state index contributed by atoms with van der Waals surface area (Å²) >= 11 is 0. The molecular formula is C14H20N4O3. The fourth-order valence-electron chi connectivity index (χ4n) is 2.39. The van der Waals surface area contributed by atoms with Crippen LogP contribution in [0.2, 0.25) is 0 Å². The molecule has 2 amide bonds. The zero-order chi connectivity index (χ0) is 15.0. The van der Waals surface area contributed by atoms with Crippen molar-refractivity contribution in [2.75, 3.05) is 18.5 Å². The standard InChI is InChI=1S/C14H20N4O3/c1-18-10(9-2-3-9)6-11(17-18)16-13(21)12(20)15-7-14(8-19)4-5-14/h6,9,19H,2-5,7-8H2,1H3,(H,15,20)(H,16,17,21). The van der Waals surface area contributed by atoms with E-state index in [1.54, 1.807) is 4.68 Å². The molecule has 21 heavy (non-hydrogen) atoms. The van der Waals surface area contributed by atoms with E-state index >= 15 is 0 Å². The normalized spacial score (nSPS) is 19.1. The molecule has 1 aromatic rings. The maximum atomic E-state index is 11.8. The van der Waals surface area contributed by atoms with E-state index in [1.807, 2.05) is 13.1 Å². The van der Waals surface area contributed by atoms with E-state index in [0.29, 0.717) is 18.3 Å². The van der Waals surface area contributed by atoms with E-state index in [0.717, 1.165) is 31.4 Å². The number of aryl methyl sites for hydroxylation is 1. The first kappa shape index (κ1) is 14.1. The van der Waals surface area contributed by atoms with Crippen LogP contribution in [0, 0.1) is 5.41 Å². The van der Waals surface area contributed by atoms with Gasteiger partial charge in [-0.3, -0.25) is 14.3 Å². The van der Waals surface area contributed by atoms with Gasteiger partial charge in [0.2, 0.25) is 0 Å². The number of carbonyl (C=O) groups is 2. The van der Waals surface area contributed by atoms with Crippen molar-refractivity contribution < 1.29 is 14.7 Å². The van der Waals surface area contributed by atoms with Crippen LogP contribution in [0.15, 0.2) is 6.07 Å². The number of nitrogens with zero attached hydrogens (tertiary/aromatic N) is 2. The van der Waals surface area contributed by atoms with Crippen molar-refractivity contribution in [2.45, 2.75) is 31.6 Å². The third-order valence-electron chi connectivity index (χ3n) is 4.28. The average Bonchev–Trinajstić information content (AvgIpc) is 3.37. The van der Waals surface area contributed by atoms with E-state index in [1.165, 1.54) is 0 Å². The molecule has 0 radical (unpaired) electrons. The van der Waals surface area contributed by atoms with Gasteiger partial charge in [-0.1, -0.05) is 0 Å². The van der Waals surface area contributed by atoms with Crippen LogP contribution in [0.4, 0.5) is 5.82 Å². The van der Waals surface area contributed by atoms with Gasteiger partial charge in [0.25, 0.3) is 0 Å². The van der Waals surface area contributed by atoms with Crippen LogP contribution in [0.5, 0.6) is 0 Å². The monoisotopic (exact) mass is 292 g/mol. The van der Waals surface area contributed by atoms with Gasteiger partial charge in [-0.05, 0) is 25.7 Å². The van der Waals surface area contributed by atoms with E-state index in [4.69, 9.17) is 5.11 Å². The zero-order valence-corrected chi connectivity index (χ0v) is 12.1. The lowest BCUT2D eigenvalue weighted by atomic mass is 10.1. The Morgan fingerprint density at radius 2 is 2.14 bits per heavy atom. The van der Waals surface area contributed by atoms with Crippen LogP contribution in [0.25, 0.3) is 0 Å². The molecular weight excluding hydrogens is 272 g/mol. The van der Waals surface area contributed by atoms with Gasteiger partial charge < -0.3 is 15.7 Å². The number of anilines is 1. The summed E-state index contributed by atoms with van der Waals surface area (Å²) in [6.07, 6.45) is 4.07. The average molecular weight is 292 g/mol. The molecule has 0 aliphatic heterocycles. The lowest BCUT2D eigenvalue weighted by Gasteiger charge is -2.11. The highest BCUT2D eigenvalue weighted by Gasteiger charge is 2.42. The lowest BCUT2D eigenvalue weighted by molar-refractivity contribution is -0.136. The number of aliphatic hydroxyl groups excluding tert-OH is 1. The van der Waals surface area contributed by atoms with E-state index in [-0.39, 0.29) is 12.0 Å². The van der Waals surface area contributed by atoms with E-state index in [2.05, 4.69) is 15.7 Å². The molecule has 0 atom stereocenters. The number of aliphatic hydroxyl groups is 1. The third-order valence-corrected chi connectivity index (χ3v) is 4.28. The molecule has 0 unspecified atom stereocenters. The Balaban J connectivity index is 1.53. The third kappa shape index (κ3) is 3.07. The molecule has 3 rings (SSSR count). The summed E-state index contributed by atoms with van der Waals surface area (Å²) in [4.78, 5) is 23.5. The molecule has 0 aromatic carbocycles. The maximum Gasteiger partial charge on any atom is 0.314 e. The lowest BCUT2D eigenvalue weighted by Crippen LogP contribution is -2.39. The Labute approximate surface area is 122 Å². The van der Waals surface area contributed by atoms with E-state index < -0.39 is 11.8 Å². The summed E-state index contributed by atoms with van der Waals surface area (Å²) in [5, 5.41) is 18.4. The van der Waals surface area contributed by atoms with Gasteiger partial charge in [-0.15, -0.1) is 0 Å². The Morgan fingerprint density at radius 1 is 1.43 bits per heavy atom. The highest BCUT2D eigenvalue weighted by molar-refractivity contribution is 6.39. The molecule has 3 N–H and O–H groups in total. The van der Waals surface area contributed by atoms with Crippen LogP contribution in [0.3, 0.4) is 0 Å². The second-order valence-corrected chi connectivity index (χ2v) is 6.15. The van der Waals surface area contributed by atoms with Crippen LogP contribution < -0.4 is 10.6 Å². The highest BCUT2D eigenvalue weighted by Crippen LogP contribution is 2.44. The fraction of sp³-hybridized carbons (Fsp3) is 0.643. The minimum Gasteiger partial charge on any atom is -0.396 e. The Hall–Kier alpha value is -1.89. The van der Waals surface area contributed by atoms with Crippen LogP contribution in [0.1, 0.15) is 37.3 Å². The minimum atomic E-state index is -0.718. The van der Waals surface area contributed by atoms with Gasteiger partial charge in [0.05, 0.1) is 6.61 Å². The number of rotatable bonds is 5. The summed E-state index contributed by atoms with van der Waals surface area (Å²) in [6, 6.07) is 1.82. The SMILES string of the molecule is Cn1nc(NC(=O)C(=O)NCC2(CO)CC2)cc1C1CC1. The summed E-state index contributed by atoms with van der Waals surface area (Å²) in [7, 11) is 1.83. The molecule has 2 saturated carbocycles. The molecule has 1 aromatic heterocycles. The minimum absolute atomic E-state index is 0.0416. The predicted molar refractivity (Wildman–Crippen MR) is 75.6 cm³/mol. The highest BCUT2D eigenvalue weighted by atomic mass is 16.3. The van der Waals surface area contributed by atoms with Crippen molar-refractivity contribution in [1.82, 2.24) is 15.1 Å². The van der Waals surface area contributed by atoms with Gasteiger partial charge in [-0.25, -0.2) is 0 Å². The van der Waals surface area contributed by atoms with Crippen molar-refractivity contribution in [2.24, 2.45) is 12.5 Å². The molecule has 7 heteroatoms. The zero-order valence-electron chi connectivity index (χ0n) is 12.1. The number of amides is 2. The number of carbonyl (C=O) groups excluding carboxylic acids is 2. The molecule has 0 bridgehead atoms.